The molecule has 0 aliphatic carbocycles. The van der Waals surface area contributed by atoms with Gasteiger partial charge in [0.15, 0.2) is 17.2 Å². The third kappa shape index (κ3) is 2.93. The smallest absolute Gasteiger partial charge is 0.339 e. The van der Waals surface area contributed by atoms with Crippen LogP contribution in [0.1, 0.15) is 39.1 Å². The van der Waals surface area contributed by atoms with Gasteiger partial charge < -0.3 is 19.1 Å². The normalized spacial score (nSPS) is 10.3. The fourth-order valence-electron chi connectivity index (χ4n) is 1.91. The molecule has 1 N–H and O–H groups in total. The molecule has 2 rings (SSSR count). The minimum Gasteiger partial charge on any atom is -0.504 e. The molecule has 1 heterocycles. The SMILES string of the molecule is CCOC(=O)c1cc(OC)c(O)cc1C(=O)c1cc(C)on1. The van der Waals surface area contributed by atoms with Crippen molar-refractivity contribution in [2.75, 3.05) is 13.7 Å². The number of esters is 1. The molecule has 1 aromatic carbocycles. The van der Waals surface area contributed by atoms with Crippen LogP contribution in [0.25, 0.3) is 0 Å². The maximum Gasteiger partial charge on any atom is 0.339 e. The van der Waals surface area contributed by atoms with Gasteiger partial charge in [-0.05, 0) is 26.0 Å². The van der Waals surface area contributed by atoms with Gasteiger partial charge >= 0.3 is 5.97 Å². The quantitative estimate of drug-likeness (QED) is 0.667. The van der Waals surface area contributed by atoms with Gasteiger partial charge in [0, 0.05) is 11.6 Å². The molecule has 2 aromatic rings. The Labute approximate surface area is 126 Å². The fourth-order valence-corrected chi connectivity index (χ4v) is 1.91. The van der Waals surface area contributed by atoms with Gasteiger partial charge in [-0.1, -0.05) is 5.16 Å². The van der Waals surface area contributed by atoms with E-state index in [1.54, 1.807) is 13.8 Å². The topological polar surface area (TPSA) is 98.9 Å². The summed E-state index contributed by atoms with van der Waals surface area (Å²) in [6.45, 7) is 3.44. The maximum atomic E-state index is 12.5. The van der Waals surface area contributed by atoms with Crippen LogP contribution in [0, 0.1) is 6.92 Å². The third-order valence-corrected chi connectivity index (χ3v) is 2.92. The fraction of sp³-hybridized carbons (Fsp3) is 0.267. The van der Waals surface area contributed by atoms with Gasteiger partial charge in [-0.2, -0.15) is 0 Å². The summed E-state index contributed by atoms with van der Waals surface area (Å²) in [5.74, 6) is -0.990. The molecule has 0 amide bonds. The van der Waals surface area contributed by atoms with Crippen LogP contribution < -0.4 is 4.74 Å². The molecule has 0 bridgehead atoms. The van der Waals surface area contributed by atoms with Crippen molar-refractivity contribution >= 4 is 11.8 Å². The van der Waals surface area contributed by atoms with Gasteiger partial charge in [0.2, 0.25) is 5.78 Å². The number of aryl methyl sites for hydroxylation is 1. The van der Waals surface area contributed by atoms with Crippen molar-refractivity contribution in [3.05, 3.63) is 40.8 Å². The molecule has 0 aliphatic rings. The molecule has 0 saturated carbocycles. The van der Waals surface area contributed by atoms with Crippen molar-refractivity contribution in [2.45, 2.75) is 13.8 Å². The van der Waals surface area contributed by atoms with Crippen LogP contribution in [0.15, 0.2) is 22.7 Å². The number of methoxy groups -OCH3 is 1. The van der Waals surface area contributed by atoms with E-state index in [9.17, 15) is 14.7 Å². The summed E-state index contributed by atoms with van der Waals surface area (Å²) in [5.41, 5.74) is -0.0141. The predicted octanol–water partition coefficient (Wildman–Crippen LogP) is 2.10. The van der Waals surface area contributed by atoms with Crippen molar-refractivity contribution in [3.8, 4) is 11.5 Å². The summed E-state index contributed by atoms with van der Waals surface area (Å²) in [4.78, 5) is 24.5. The largest absolute Gasteiger partial charge is 0.504 e. The number of ether oxygens (including phenoxy) is 2. The number of carbonyl (C=O) groups is 2. The number of ketones is 1. The monoisotopic (exact) mass is 305 g/mol. The minimum atomic E-state index is -0.690. The maximum absolute atomic E-state index is 12.5. The van der Waals surface area contributed by atoms with Crippen molar-refractivity contribution in [1.82, 2.24) is 5.16 Å². The van der Waals surface area contributed by atoms with Crippen molar-refractivity contribution in [1.29, 1.82) is 0 Å². The van der Waals surface area contributed by atoms with E-state index in [2.05, 4.69) is 5.16 Å². The Kier molecular flexibility index (Phi) is 4.45. The van der Waals surface area contributed by atoms with Gasteiger partial charge in [0.1, 0.15) is 5.76 Å². The summed E-state index contributed by atoms with van der Waals surface area (Å²) in [6.07, 6.45) is 0. The minimum absolute atomic E-state index is 0.0119. The van der Waals surface area contributed by atoms with Crippen LogP contribution in [0.5, 0.6) is 11.5 Å². The number of rotatable bonds is 5. The molecule has 7 heteroatoms. The molecule has 7 nitrogen and oxygen atoms in total. The number of hydrogen-bond donors (Lipinski definition) is 1. The second kappa shape index (κ2) is 6.30. The lowest BCUT2D eigenvalue weighted by atomic mass is 10.0. The highest BCUT2D eigenvalue weighted by molar-refractivity contribution is 6.14. The third-order valence-electron chi connectivity index (χ3n) is 2.92. The highest BCUT2D eigenvalue weighted by Gasteiger charge is 2.24. The predicted molar refractivity (Wildman–Crippen MR) is 75.3 cm³/mol. The molecular weight excluding hydrogens is 290 g/mol. The number of hydrogen-bond acceptors (Lipinski definition) is 7. The van der Waals surface area contributed by atoms with E-state index in [0.717, 1.165) is 6.07 Å². The summed E-state index contributed by atoms with van der Waals surface area (Å²) < 4.78 is 14.7. The van der Waals surface area contributed by atoms with Crippen LogP contribution >= 0.6 is 0 Å². The lowest BCUT2D eigenvalue weighted by Gasteiger charge is -2.10. The van der Waals surface area contributed by atoms with Crippen LogP contribution in [0.3, 0.4) is 0 Å². The Hall–Kier alpha value is -2.83. The molecule has 0 saturated heterocycles. The molecule has 116 valence electrons. The zero-order chi connectivity index (χ0) is 16.3. The molecule has 0 fully saturated rings. The summed E-state index contributed by atoms with van der Waals surface area (Å²) in [6, 6.07) is 3.85. The van der Waals surface area contributed by atoms with Crippen molar-refractivity contribution in [3.63, 3.8) is 0 Å². The van der Waals surface area contributed by atoms with E-state index in [1.165, 1.54) is 19.2 Å². The standard InChI is InChI=1S/C15H15NO6/c1-4-21-15(19)10-7-13(20-3)12(17)6-9(10)14(18)11-5-8(2)22-16-11/h5-7,17H,4H2,1-3H3. The van der Waals surface area contributed by atoms with Crippen LogP contribution in [0.4, 0.5) is 0 Å². The van der Waals surface area contributed by atoms with E-state index in [-0.39, 0.29) is 34.9 Å². The Morgan fingerprint density at radius 3 is 2.55 bits per heavy atom. The molecule has 0 unspecified atom stereocenters. The Morgan fingerprint density at radius 1 is 1.27 bits per heavy atom. The van der Waals surface area contributed by atoms with Gasteiger partial charge in [-0.3, -0.25) is 4.79 Å². The van der Waals surface area contributed by atoms with Gasteiger partial charge in [0.25, 0.3) is 0 Å². The lowest BCUT2D eigenvalue weighted by Crippen LogP contribution is -2.13. The molecular formula is C15H15NO6. The number of benzene rings is 1. The number of aromatic nitrogens is 1. The lowest BCUT2D eigenvalue weighted by molar-refractivity contribution is 0.0523. The molecule has 0 radical (unpaired) electrons. The zero-order valence-corrected chi connectivity index (χ0v) is 12.4. The highest BCUT2D eigenvalue weighted by atomic mass is 16.5. The second-order valence-corrected chi connectivity index (χ2v) is 4.44. The van der Waals surface area contributed by atoms with E-state index < -0.39 is 11.8 Å². The average molecular weight is 305 g/mol. The highest BCUT2D eigenvalue weighted by Crippen LogP contribution is 2.31. The molecule has 22 heavy (non-hydrogen) atoms. The summed E-state index contributed by atoms with van der Waals surface area (Å²) in [7, 11) is 1.34. The first-order valence-corrected chi connectivity index (χ1v) is 6.54. The van der Waals surface area contributed by atoms with E-state index >= 15 is 0 Å². The van der Waals surface area contributed by atoms with E-state index in [1.807, 2.05) is 0 Å². The number of aromatic hydroxyl groups is 1. The zero-order valence-electron chi connectivity index (χ0n) is 12.4. The van der Waals surface area contributed by atoms with Gasteiger partial charge in [-0.15, -0.1) is 0 Å². The van der Waals surface area contributed by atoms with Crippen LogP contribution in [-0.4, -0.2) is 35.7 Å². The molecule has 0 atom stereocenters. The van der Waals surface area contributed by atoms with Gasteiger partial charge in [0.05, 0.1) is 19.3 Å². The van der Waals surface area contributed by atoms with Crippen LogP contribution in [0.2, 0.25) is 0 Å². The van der Waals surface area contributed by atoms with Crippen molar-refractivity contribution < 1.29 is 28.7 Å². The summed E-state index contributed by atoms with van der Waals surface area (Å²) in [5, 5.41) is 13.5. The Balaban J connectivity index is 2.55. The molecule has 0 spiro atoms. The number of carbonyl (C=O) groups excluding carboxylic acids is 2. The first-order valence-electron chi connectivity index (χ1n) is 6.54. The van der Waals surface area contributed by atoms with E-state index in [0.29, 0.717) is 5.76 Å². The first-order chi connectivity index (χ1) is 10.5. The Morgan fingerprint density at radius 2 is 2.00 bits per heavy atom. The molecule has 1 aromatic heterocycles. The van der Waals surface area contributed by atoms with Crippen molar-refractivity contribution in [2.24, 2.45) is 0 Å². The Bertz CT molecular complexity index is 719. The molecule has 0 aliphatic heterocycles. The van der Waals surface area contributed by atoms with E-state index in [4.69, 9.17) is 14.0 Å². The number of phenolic OH excluding ortho intramolecular Hbond substituents is 1. The second-order valence-electron chi connectivity index (χ2n) is 4.44. The average Bonchev–Trinajstić information content (AvgIpc) is 2.93. The van der Waals surface area contributed by atoms with Gasteiger partial charge in [-0.25, -0.2) is 4.79 Å². The van der Waals surface area contributed by atoms with Crippen LogP contribution in [-0.2, 0) is 4.74 Å². The summed E-state index contributed by atoms with van der Waals surface area (Å²) >= 11 is 0. The number of phenols is 1. The first kappa shape index (κ1) is 15.6. The number of nitrogens with zero attached hydrogens (tertiary/aromatic N) is 1.